The monoisotopic (exact) mass is 218 g/mol. The first-order valence-electron chi connectivity index (χ1n) is 4.75. The quantitative estimate of drug-likeness (QED) is 0.588. The summed E-state index contributed by atoms with van der Waals surface area (Å²) in [6.07, 6.45) is 4.24. The Morgan fingerprint density at radius 2 is 1.91 bits per heavy atom. The van der Waals surface area contributed by atoms with Crippen LogP contribution in [0.3, 0.4) is 0 Å². The minimum atomic E-state index is 0.784. The highest BCUT2D eigenvalue weighted by Gasteiger charge is 2.28. The third-order valence-electron chi connectivity index (χ3n) is 2.94. The summed E-state index contributed by atoms with van der Waals surface area (Å²) in [6, 6.07) is 0. The molecule has 1 saturated carbocycles. The second kappa shape index (κ2) is 3.93. The van der Waals surface area contributed by atoms with E-state index in [9.17, 15) is 0 Å². The van der Waals surface area contributed by atoms with Crippen LogP contribution in [0.4, 0.5) is 0 Å². The maximum Gasteiger partial charge on any atom is 0.0179 e. The molecular weight excluding hydrogens is 200 g/mol. The van der Waals surface area contributed by atoms with Crippen LogP contribution in [-0.4, -0.2) is 4.83 Å². The first-order chi connectivity index (χ1) is 5.11. The summed E-state index contributed by atoms with van der Waals surface area (Å²) in [7, 11) is 0. The van der Waals surface area contributed by atoms with Crippen LogP contribution in [0, 0.1) is 17.8 Å². The lowest BCUT2D eigenvalue weighted by Crippen LogP contribution is -2.27. The molecule has 1 heteroatoms. The molecule has 0 aromatic heterocycles. The molecule has 1 aliphatic carbocycles. The fourth-order valence-corrected chi connectivity index (χ4v) is 3.60. The molecule has 0 heterocycles. The van der Waals surface area contributed by atoms with Gasteiger partial charge in [0.1, 0.15) is 0 Å². The van der Waals surface area contributed by atoms with Gasteiger partial charge in [-0.15, -0.1) is 0 Å². The molecule has 0 aliphatic heterocycles. The fraction of sp³-hybridized carbons (Fsp3) is 1.00. The largest absolute Gasteiger partial charge is 0.0887 e. The van der Waals surface area contributed by atoms with Crippen molar-refractivity contribution in [3.8, 4) is 0 Å². The molecule has 1 rings (SSSR count). The smallest absolute Gasteiger partial charge is 0.0179 e. The van der Waals surface area contributed by atoms with E-state index in [2.05, 4.69) is 36.7 Å². The van der Waals surface area contributed by atoms with Gasteiger partial charge in [0.25, 0.3) is 0 Å². The highest BCUT2D eigenvalue weighted by atomic mass is 79.9. The number of halogens is 1. The second-order valence-electron chi connectivity index (χ2n) is 4.34. The lowest BCUT2D eigenvalue weighted by atomic mass is 9.77. The van der Waals surface area contributed by atoms with Crippen LogP contribution in [0.1, 0.15) is 40.0 Å². The Bertz CT molecular complexity index is 120. The van der Waals surface area contributed by atoms with E-state index in [1.165, 1.54) is 19.3 Å². The van der Waals surface area contributed by atoms with Crippen molar-refractivity contribution in [3.63, 3.8) is 0 Å². The Morgan fingerprint density at radius 1 is 1.27 bits per heavy atom. The van der Waals surface area contributed by atoms with Gasteiger partial charge in [0.05, 0.1) is 0 Å². The third kappa shape index (κ3) is 2.47. The van der Waals surface area contributed by atoms with Gasteiger partial charge >= 0.3 is 0 Å². The summed E-state index contributed by atoms with van der Waals surface area (Å²) < 4.78 is 0. The van der Waals surface area contributed by atoms with Crippen molar-refractivity contribution in [3.05, 3.63) is 0 Å². The van der Waals surface area contributed by atoms with E-state index >= 15 is 0 Å². The SMILES string of the molecule is CC(C)[C@@H]1CC[C@H](C)C[C@@H]1Br. The van der Waals surface area contributed by atoms with E-state index < -0.39 is 0 Å². The highest BCUT2D eigenvalue weighted by molar-refractivity contribution is 9.09. The van der Waals surface area contributed by atoms with Crippen molar-refractivity contribution in [2.45, 2.75) is 44.9 Å². The predicted molar refractivity (Wildman–Crippen MR) is 54.1 cm³/mol. The molecule has 0 bridgehead atoms. The Balaban J connectivity index is 2.44. The molecule has 0 spiro atoms. The molecule has 0 radical (unpaired) electrons. The van der Waals surface area contributed by atoms with Crippen LogP contribution in [0.5, 0.6) is 0 Å². The maximum absolute atomic E-state index is 3.80. The lowest BCUT2D eigenvalue weighted by molar-refractivity contribution is 0.247. The molecule has 1 aliphatic rings. The summed E-state index contributed by atoms with van der Waals surface area (Å²) in [5, 5.41) is 0. The lowest BCUT2D eigenvalue weighted by Gasteiger charge is -2.33. The van der Waals surface area contributed by atoms with Crippen molar-refractivity contribution >= 4 is 15.9 Å². The van der Waals surface area contributed by atoms with Crippen molar-refractivity contribution in [2.75, 3.05) is 0 Å². The van der Waals surface area contributed by atoms with Crippen LogP contribution in [0.15, 0.2) is 0 Å². The molecule has 1 fully saturated rings. The van der Waals surface area contributed by atoms with Gasteiger partial charge in [0, 0.05) is 4.83 Å². The molecule has 0 nitrogen and oxygen atoms in total. The molecule has 3 atom stereocenters. The van der Waals surface area contributed by atoms with E-state index in [0.29, 0.717) is 0 Å². The number of hydrogen-bond acceptors (Lipinski definition) is 0. The van der Waals surface area contributed by atoms with Crippen LogP contribution in [0.2, 0.25) is 0 Å². The van der Waals surface area contributed by atoms with Gasteiger partial charge in [-0.1, -0.05) is 43.1 Å². The zero-order valence-electron chi connectivity index (χ0n) is 7.81. The normalized spacial score (nSPS) is 39.5. The fourth-order valence-electron chi connectivity index (χ4n) is 2.09. The van der Waals surface area contributed by atoms with Crippen LogP contribution >= 0.6 is 15.9 Å². The van der Waals surface area contributed by atoms with Gasteiger partial charge in [-0.2, -0.15) is 0 Å². The minimum absolute atomic E-state index is 0.784. The summed E-state index contributed by atoms with van der Waals surface area (Å²) in [4.78, 5) is 0.784. The maximum atomic E-state index is 3.80. The van der Waals surface area contributed by atoms with Crippen LogP contribution < -0.4 is 0 Å². The zero-order chi connectivity index (χ0) is 8.43. The van der Waals surface area contributed by atoms with Gasteiger partial charge in [0.2, 0.25) is 0 Å². The molecular formula is C10H19Br. The van der Waals surface area contributed by atoms with Crippen molar-refractivity contribution < 1.29 is 0 Å². The Kier molecular flexibility index (Phi) is 3.42. The van der Waals surface area contributed by atoms with E-state index in [4.69, 9.17) is 0 Å². The molecule has 66 valence electrons. The van der Waals surface area contributed by atoms with Gasteiger partial charge in [-0.05, 0) is 30.6 Å². The van der Waals surface area contributed by atoms with Crippen molar-refractivity contribution in [1.82, 2.24) is 0 Å². The zero-order valence-corrected chi connectivity index (χ0v) is 9.39. The van der Waals surface area contributed by atoms with Crippen molar-refractivity contribution in [2.24, 2.45) is 17.8 Å². The van der Waals surface area contributed by atoms with Gasteiger partial charge in [0.15, 0.2) is 0 Å². The molecule has 0 unspecified atom stereocenters. The molecule has 0 aromatic carbocycles. The van der Waals surface area contributed by atoms with Gasteiger partial charge < -0.3 is 0 Å². The number of hydrogen-bond donors (Lipinski definition) is 0. The van der Waals surface area contributed by atoms with Crippen LogP contribution in [-0.2, 0) is 0 Å². The Morgan fingerprint density at radius 3 is 2.36 bits per heavy atom. The van der Waals surface area contributed by atoms with Crippen LogP contribution in [0.25, 0.3) is 0 Å². The standard InChI is InChI=1S/C10H19Br/c1-7(2)9-5-4-8(3)6-10(9)11/h7-10H,4-6H2,1-3H3/t8-,9-,10-/m0/s1. The van der Waals surface area contributed by atoms with E-state index in [0.717, 1.165) is 22.6 Å². The van der Waals surface area contributed by atoms with Crippen molar-refractivity contribution in [1.29, 1.82) is 0 Å². The molecule has 0 aromatic rings. The molecule has 0 N–H and O–H groups in total. The molecule has 0 amide bonds. The summed E-state index contributed by atoms with van der Waals surface area (Å²) in [5.74, 6) is 2.72. The first kappa shape index (κ1) is 9.57. The average molecular weight is 219 g/mol. The molecule has 0 saturated heterocycles. The molecule has 11 heavy (non-hydrogen) atoms. The number of alkyl halides is 1. The minimum Gasteiger partial charge on any atom is -0.0887 e. The van der Waals surface area contributed by atoms with E-state index in [1.54, 1.807) is 0 Å². The summed E-state index contributed by atoms with van der Waals surface area (Å²) >= 11 is 3.80. The average Bonchev–Trinajstić information content (AvgIpc) is 1.85. The van der Waals surface area contributed by atoms with Gasteiger partial charge in [-0.25, -0.2) is 0 Å². The number of rotatable bonds is 1. The van der Waals surface area contributed by atoms with Gasteiger partial charge in [-0.3, -0.25) is 0 Å². The summed E-state index contributed by atoms with van der Waals surface area (Å²) in [6.45, 7) is 7.05. The first-order valence-corrected chi connectivity index (χ1v) is 5.67. The van der Waals surface area contributed by atoms with E-state index in [-0.39, 0.29) is 0 Å². The highest BCUT2D eigenvalue weighted by Crippen LogP contribution is 2.37. The topological polar surface area (TPSA) is 0 Å². The Hall–Kier alpha value is 0.480. The predicted octanol–water partition coefficient (Wildman–Crippen LogP) is 3.84. The summed E-state index contributed by atoms with van der Waals surface area (Å²) in [5.41, 5.74) is 0. The third-order valence-corrected chi connectivity index (χ3v) is 3.99. The second-order valence-corrected chi connectivity index (χ2v) is 5.52. The Labute approximate surface area is 78.9 Å². The van der Waals surface area contributed by atoms with E-state index in [1.807, 2.05) is 0 Å².